The number of carbonyl (C=O) groups excluding carboxylic acids is 3. The largest absolute Gasteiger partial charge is 0.338 e. The van der Waals surface area contributed by atoms with Crippen molar-refractivity contribution >= 4 is 17.7 Å². The van der Waals surface area contributed by atoms with Crippen LogP contribution in [0, 0.1) is 5.92 Å². The summed E-state index contributed by atoms with van der Waals surface area (Å²) in [6.45, 7) is 5.25. The first-order valence-electron chi connectivity index (χ1n) is 8.23. The molecule has 1 saturated heterocycles. The van der Waals surface area contributed by atoms with Crippen LogP contribution in [0.4, 0.5) is 0 Å². The third kappa shape index (κ3) is 2.87. The molecule has 2 aliphatic rings. The van der Waals surface area contributed by atoms with E-state index in [1.807, 2.05) is 4.90 Å². The summed E-state index contributed by atoms with van der Waals surface area (Å²) in [7, 11) is 0. The number of hydrogen-bond acceptors (Lipinski definition) is 3. The van der Waals surface area contributed by atoms with Crippen molar-refractivity contribution in [3.05, 3.63) is 35.4 Å². The summed E-state index contributed by atoms with van der Waals surface area (Å²) in [5, 5.41) is 0. The Morgan fingerprint density at radius 1 is 1.09 bits per heavy atom. The van der Waals surface area contributed by atoms with Crippen LogP contribution >= 0.6 is 0 Å². The van der Waals surface area contributed by atoms with Crippen molar-refractivity contribution in [2.45, 2.75) is 39.2 Å². The van der Waals surface area contributed by atoms with Crippen LogP contribution in [0.5, 0.6) is 0 Å². The minimum Gasteiger partial charge on any atom is -0.338 e. The average molecular weight is 314 g/mol. The van der Waals surface area contributed by atoms with E-state index in [0.29, 0.717) is 43.0 Å². The molecule has 0 aliphatic carbocycles. The zero-order chi connectivity index (χ0) is 16.6. The Morgan fingerprint density at radius 3 is 2.26 bits per heavy atom. The van der Waals surface area contributed by atoms with Crippen LogP contribution in [0.15, 0.2) is 24.3 Å². The Labute approximate surface area is 136 Å². The van der Waals surface area contributed by atoms with E-state index in [4.69, 9.17) is 0 Å². The van der Waals surface area contributed by atoms with Gasteiger partial charge in [-0.05, 0) is 30.9 Å². The third-order valence-electron chi connectivity index (χ3n) is 4.67. The fourth-order valence-electron chi connectivity index (χ4n) is 3.30. The highest BCUT2D eigenvalue weighted by Crippen LogP contribution is 2.26. The molecule has 3 amide bonds. The van der Waals surface area contributed by atoms with E-state index in [0.717, 1.165) is 6.42 Å². The zero-order valence-electron chi connectivity index (χ0n) is 13.6. The van der Waals surface area contributed by atoms with E-state index in [9.17, 15) is 14.4 Å². The number of amides is 3. The zero-order valence-corrected chi connectivity index (χ0v) is 13.6. The second-order valence-electron chi connectivity index (χ2n) is 6.73. The number of rotatable bonds is 5. The fourth-order valence-corrected chi connectivity index (χ4v) is 3.30. The first kappa shape index (κ1) is 15.7. The molecule has 23 heavy (non-hydrogen) atoms. The molecule has 0 unspecified atom stereocenters. The number of fused-ring (bicyclic) bond motifs is 1. The standard InChI is InChI=1S/C18H22N2O3/c1-12(2)9-10-19-13(7-8-16(19)21)11-20-17(22)14-5-3-4-6-15(14)18(20)23/h3-6,12-13H,7-11H2,1-2H3/t13-/m0/s1. The lowest BCUT2D eigenvalue weighted by molar-refractivity contribution is -0.129. The molecule has 0 radical (unpaired) electrons. The molecule has 5 nitrogen and oxygen atoms in total. The summed E-state index contributed by atoms with van der Waals surface area (Å²) >= 11 is 0. The molecule has 5 heteroatoms. The monoisotopic (exact) mass is 314 g/mol. The molecule has 3 rings (SSSR count). The molecule has 0 aromatic heterocycles. The predicted octanol–water partition coefficient (Wildman–Crippen LogP) is 2.32. The topological polar surface area (TPSA) is 57.7 Å². The van der Waals surface area contributed by atoms with Gasteiger partial charge in [0.15, 0.2) is 0 Å². The second kappa shape index (κ2) is 6.14. The molecule has 1 aromatic carbocycles. The Morgan fingerprint density at radius 2 is 1.70 bits per heavy atom. The minimum absolute atomic E-state index is 0.0523. The van der Waals surface area contributed by atoms with Gasteiger partial charge in [-0.25, -0.2) is 0 Å². The van der Waals surface area contributed by atoms with Gasteiger partial charge >= 0.3 is 0 Å². The molecule has 1 fully saturated rings. The summed E-state index contributed by atoms with van der Waals surface area (Å²) < 4.78 is 0. The second-order valence-corrected chi connectivity index (χ2v) is 6.73. The molecule has 2 heterocycles. The average Bonchev–Trinajstić information content (AvgIpc) is 2.99. The number of carbonyl (C=O) groups is 3. The molecule has 0 spiro atoms. The van der Waals surface area contributed by atoms with Crippen LogP contribution in [0.1, 0.15) is 53.8 Å². The van der Waals surface area contributed by atoms with Crippen molar-refractivity contribution in [1.29, 1.82) is 0 Å². The molecule has 0 N–H and O–H groups in total. The molecule has 0 bridgehead atoms. The van der Waals surface area contributed by atoms with Gasteiger partial charge in [0.25, 0.3) is 11.8 Å². The van der Waals surface area contributed by atoms with Crippen molar-refractivity contribution in [3.63, 3.8) is 0 Å². The summed E-state index contributed by atoms with van der Waals surface area (Å²) in [5.41, 5.74) is 0.936. The maximum Gasteiger partial charge on any atom is 0.261 e. The van der Waals surface area contributed by atoms with E-state index >= 15 is 0 Å². The van der Waals surface area contributed by atoms with E-state index in [1.54, 1.807) is 24.3 Å². The molecule has 1 atom stereocenters. The van der Waals surface area contributed by atoms with Crippen molar-refractivity contribution in [2.24, 2.45) is 5.92 Å². The molecule has 122 valence electrons. The highest BCUT2D eigenvalue weighted by Gasteiger charge is 2.40. The van der Waals surface area contributed by atoms with Crippen molar-refractivity contribution in [2.75, 3.05) is 13.1 Å². The molecular formula is C18H22N2O3. The number of imide groups is 1. The highest BCUT2D eigenvalue weighted by atomic mass is 16.2. The van der Waals surface area contributed by atoms with E-state index in [1.165, 1.54) is 4.90 Å². The smallest absolute Gasteiger partial charge is 0.261 e. The van der Waals surface area contributed by atoms with Gasteiger partial charge in [-0.3, -0.25) is 19.3 Å². The number of hydrogen-bond donors (Lipinski definition) is 0. The van der Waals surface area contributed by atoms with Gasteiger partial charge in [0, 0.05) is 19.5 Å². The molecular weight excluding hydrogens is 292 g/mol. The molecule has 2 aliphatic heterocycles. The first-order chi connectivity index (χ1) is 11.0. The Kier molecular flexibility index (Phi) is 4.20. The van der Waals surface area contributed by atoms with E-state index in [-0.39, 0.29) is 23.8 Å². The quantitative estimate of drug-likeness (QED) is 0.784. The van der Waals surface area contributed by atoms with Gasteiger partial charge in [0.05, 0.1) is 17.2 Å². The van der Waals surface area contributed by atoms with Crippen LogP contribution < -0.4 is 0 Å². The molecule has 0 saturated carbocycles. The lowest BCUT2D eigenvalue weighted by atomic mass is 10.1. The van der Waals surface area contributed by atoms with Crippen LogP contribution in [0.2, 0.25) is 0 Å². The summed E-state index contributed by atoms with van der Waals surface area (Å²) in [6.07, 6.45) is 2.15. The van der Waals surface area contributed by atoms with Gasteiger partial charge in [0.2, 0.25) is 5.91 Å². The molecule has 1 aromatic rings. The van der Waals surface area contributed by atoms with Crippen LogP contribution in [-0.2, 0) is 4.79 Å². The van der Waals surface area contributed by atoms with Gasteiger partial charge in [-0.1, -0.05) is 26.0 Å². The van der Waals surface area contributed by atoms with E-state index in [2.05, 4.69) is 13.8 Å². The lowest BCUT2D eigenvalue weighted by Gasteiger charge is -2.28. The number of likely N-dealkylation sites (tertiary alicyclic amines) is 1. The van der Waals surface area contributed by atoms with Gasteiger partial charge in [-0.15, -0.1) is 0 Å². The Hall–Kier alpha value is -2.17. The van der Waals surface area contributed by atoms with E-state index < -0.39 is 0 Å². The third-order valence-corrected chi connectivity index (χ3v) is 4.67. The predicted molar refractivity (Wildman–Crippen MR) is 86.0 cm³/mol. The van der Waals surface area contributed by atoms with Crippen LogP contribution in [0.25, 0.3) is 0 Å². The van der Waals surface area contributed by atoms with Crippen LogP contribution in [-0.4, -0.2) is 46.7 Å². The number of benzene rings is 1. The van der Waals surface area contributed by atoms with Crippen molar-refractivity contribution < 1.29 is 14.4 Å². The van der Waals surface area contributed by atoms with Crippen molar-refractivity contribution in [3.8, 4) is 0 Å². The highest BCUT2D eigenvalue weighted by molar-refractivity contribution is 6.21. The number of nitrogens with zero attached hydrogens (tertiary/aromatic N) is 2. The van der Waals surface area contributed by atoms with Crippen LogP contribution in [0.3, 0.4) is 0 Å². The van der Waals surface area contributed by atoms with Gasteiger partial charge in [0.1, 0.15) is 0 Å². The first-order valence-corrected chi connectivity index (χ1v) is 8.23. The van der Waals surface area contributed by atoms with Gasteiger partial charge in [-0.2, -0.15) is 0 Å². The van der Waals surface area contributed by atoms with Gasteiger partial charge < -0.3 is 4.90 Å². The van der Waals surface area contributed by atoms with Crippen molar-refractivity contribution in [1.82, 2.24) is 9.80 Å². The minimum atomic E-state index is -0.242. The lowest BCUT2D eigenvalue weighted by Crippen LogP contribution is -2.44. The SMILES string of the molecule is CC(C)CCN1C(=O)CC[C@H]1CN1C(=O)c2ccccc2C1=O. The summed E-state index contributed by atoms with van der Waals surface area (Å²) in [6, 6.07) is 6.85. The Balaban J connectivity index is 1.73. The fraction of sp³-hybridized carbons (Fsp3) is 0.500. The normalized spacial score (nSPS) is 20.8. The summed E-state index contributed by atoms with van der Waals surface area (Å²) in [5.74, 6) is 0.165. The summed E-state index contributed by atoms with van der Waals surface area (Å²) in [4.78, 5) is 40.1. The maximum absolute atomic E-state index is 12.5. The Bertz CT molecular complexity index is 618. The maximum atomic E-state index is 12.5.